The number of aromatic nitrogens is 3. The van der Waals surface area contributed by atoms with Crippen LogP contribution in [0, 0.1) is 6.92 Å². The first-order chi connectivity index (χ1) is 25.0. The van der Waals surface area contributed by atoms with E-state index in [1.165, 1.54) is 16.7 Å². The van der Waals surface area contributed by atoms with E-state index in [4.69, 9.17) is 15.0 Å². The summed E-state index contributed by atoms with van der Waals surface area (Å²) in [7, 11) is 0. The largest absolute Gasteiger partial charge is 0.237 e. The molecular formula is C47H38N4. The van der Waals surface area contributed by atoms with Crippen LogP contribution in [0.5, 0.6) is 0 Å². The van der Waals surface area contributed by atoms with Crippen molar-refractivity contribution in [1.29, 1.82) is 0 Å². The Morgan fingerprint density at radius 3 is 1.57 bits per heavy atom. The number of aryl methyl sites for hydroxylation is 1. The number of hydrogen-bond acceptors (Lipinski definition) is 4. The lowest BCUT2D eigenvalue weighted by Gasteiger charge is -2.11. The highest BCUT2D eigenvalue weighted by molar-refractivity contribution is 6.02. The lowest BCUT2D eigenvalue weighted by Crippen LogP contribution is -1.96. The molecule has 0 amide bonds. The van der Waals surface area contributed by atoms with Gasteiger partial charge in [0.15, 0.2) is 11.6 Å². The Kier molecular flexibility index (Phi) is 9.94. The summed E-state index contributed by atoms with van der Waals surface area (Å²) in [6.07, 6.45) is 8.03. The standard InChI is InChI=1S/C47H38N4/c1-4-12-43(31-34(3)49-46-33(2)13-11-30-48-46)39-20-26-41(27-21-39)45-32-44(40-24-18-37(19-25-40)35-14-7-5-8-15-35)50-47(51-45)42-28-22-38(23-29-42)36-16-9-6-10-17-36/h4-32H,1-3H3/b12-4-,43-31+,49-34+. The van der Waals surface area contributed by atoms with E-state index in [1.54, 1.807) is 6.20 Å². The summed E-state index contributed by atoms with van der Waals surface area (Å²) in [6, 6.07) is 52.5. The predicted molar refractivity (Wildman–Crippen MR) is 214 cm³/mol. The van der Waals surface area contributed by atoms with E-state index in [-0.39, 0.29) is 0 Å². The molecule has 0 radical (unpaired) electrons. The molecule has 2 aromatic heterocycles. The molecule has 0 aliphatic carbocycles. The summed E-state index contributed by atoms with van der Waals surface area (Å²) in [5.74, 6) is 1.42. The number of pyridine rings is 1. The van der Waals surface area contributed by atoms with Crippen LogP contribution in [0.2, 0.25) is 0 Å². The van der Waals surface area contributed by atoms with Crippen LogP contribution in [-0.2, 0) is 0 Å². The molecule has 0 aliphatic rings. The van der Waals surface area contributed by atoms with E-state index in [0.717, 1.165) is 61.9 Å². The second-order valence-electron chi connectivity index (χ2n) is 12.4. The van der Waals surface area contributed by atoms with Gasteiger partial charge in [0.05, 0.1) is 11.4 Å². The zero-order valence-corrected chi connectivity index (χ0v) is 29.0. The third-order valence-corrected chi connectivity index (χ3v) is 8.75. The molecule has 0 spiro atoms. The van der Waals surface area contributed by atoms with Crippen LogP contribution in [0.1, 0.15) is 25.0 Å². The maximum absolute atomic E-state index is 5.12. The Balaban J connectivity index is 1.25. The highest BCUT2D eigenvalue weighted by atomic mass is 14.9. The fourth-order valence-corrected chi connectivity index (χ4v) is 6.04. The fourth-order valence-electron chi connectivity index (χ4n) is 6.04. The Bertz CT molecular complexity index is 2240. The minimum atomic E-state index is 0.685. The number of aliphatic imine (C=N–C) groups is 1. The molecule has 0 saturated heterocycles. The van der Waals surface area contributed by atoms with Crippen LogP contribution < -0.4 is 0 Å². The number of rotatable bonds is 9. The van der Waals surface area contributed by atoms with Gasteiger partial charge in [0, 0.05) is 28.6 Å². The molecule has 2 heterocycles. The molecule has 7 aromatic rings. The fraction of sp³-hybridized carbons (Fsp3) is 0.0638. The molecule has 0 aliphatic heterocycles. The zero-order chi connectivity index (χ0) is 35.0. The van der Waals surface area contributed by atoms with Crippen molar-refractivity contribution >= 4 is 17.1 Å². The summed E-state index contributed by atoms with van der Waals surface area (Å²) >= 11 is 0. The topological polar surface area (TPSA) is 51.0 Å². The Morgan fingerprint density at radius 2 is 1.04 bits per heavy atom. The van der Waals surface area contributed by atoms with Gasteiger partial charge in [-0.05, 0) is 77.9 Å². The summed E-state index contributed by atoms with van der Waals surface area (Å²) in [4.78, 5) is 19.4. The highest BCUT2D eigenvalue weighted by Gasteiger charge is 2.12. The first-order valence-electron chi connectivity index (χ1n) is 17.2. The van der Waals surface area contributed by atoms with Crippen molar-refractivity contribution in [1.82, 2.24) is 15.0 Å². The second-order valence-corrected chi connectivity index (χ2v) is 12.4. The van der Waals surface area contributed by atoms with Crippen molar-refractivity contribution in [3.05, 3.63) is 187 Å². The van der Waals surface area contributed by atoms with Crippen molar-refractivity contribution in [2.45, 2.75) is 20.8 Å². The molecule has 0 saturated carbocycles. The molecule has 51 heavy (non-hydrogen) atoms. The normalized spacial score (nSPS) is 12.0. The summed E-state index contributed by atoms with van der Waals surface area (Å²) in [5.41, 5.74) is 13.5. The van der Waals surface area contributed by atoms with Gasteiger partial charge in [-0.25, -0.2) is 19.9 Å². The summed E-state index contributed by atoms with van der Waals surface area (Å²) in [6.45, 7) is 6.06. The van der Waals surface area contributed by atoms with E-state index in [2.05, 4.69) is 145 Å². The third-order valence-electron chi connectivity index (χ3n) is 8.75. The molecule has 246 valence electrons. The van der Waals surface area contributed by atoms with Gasteiger partial charge in [0.2, 0.25) is 0 Å². The van der Waals surface area contributed by atoms with Gasteiger partial charge in [0.1, 0.15) is 0 Å². The van der Waals surface area contributed by atoms with Crippen molar-refractivity contribution in [3.63, 3.8) is 0 Å². The zero-order valence-electron chi connectivity index (χ0n) is 29.0. The second kappa shape index (κ2) is 15.4. The average Bonchev–Trinajstić information content (AvgIpc) is 3.19. The van der Waals surface area contributed by atoms with Crippen molar-refractivity contribution < 1.29 is 0 Å². The van der Waals surface area contributed by atoms with Gasteiger partial charge in [-0.3, -0.25) is 0 Å². The minimum Gasteiger partial charge on any atom is -0.237 e. The first kappa shape index (κ1) is 33.0. The Hall–Kier alpha value is -6.52. The van der Waals surface area contributed by atoms with Crippen LogP contribution in [0.15, 0.2) is 181 Å². The average molecular weight is 659 g/mol. The third kappa shape index (κ3) is 7.87. The lowest BCUT2D eigenvalue weighted by molar-refractivity contribution is 1.18. The van der Waals surface area contributed by atoms with Crippen molar-refractivity contribution in [2.75, 3.05) is 0 Å². The Labute approximate surface area is 300 Å². The van der Waals surface area contributed by atoms with Crippen molar-refractivity contribution in [3.8, 4) is 56.2 Å². The lowest BCUT2D eigenvalue weighted by atomic mass is 9.99. The molecule has 0 atom stereocenters. The SMILES string of the molecule is C\C=C/C(=C\C(C)=N\c1ncccc1C)c1ccc(-c2cc(-c3ccc(-c4ccccc4)cc3)nc(-c3ccc(-c4ccccc4)cc3)n2)cc1. The number of allylic oxidation sites excluding steroid dienone is 4. The van der Waals surface area contributed by atoms with Crippen LogP contribution in [0.25, 0.3) is 61.7 Å². The molecule has 0 N–H and O–H groups in total. The maximum atomic E-state index is 5.12. The summed E-state index contributed by atoms with van der Waals surface area (Å²) < 4.78 is 0. The molecule has 0 bridgehead atoms. The smallest absolute Gasteiger partial charge is 0.160 e. The highest BCUT2D eigenvalue weighted by Crippen LogP contribution is 2.31. The van der Waals surface area contributed by atoms with Crippen molar-refractivity contribution in [2.24, 2.45) is 4.99 Å². The molecule has 0 unspecified atom stereocenters. The van der Waals surface area contributed by atoms with Crippen LogP contribution in [-0.4, -0.2) is 20.7 Å². The predicted octanol–water partition coefficient (Wildman–Crippen LogP) is 12.3. The molecular weight excluding hydrogens is 621 g/mol. The van der Waals surface area contributed by atoms with Gasteiger partial charge < -0.3 is 0 Å². The number of benzene rings is 5. The quantitative estimate of drug-likeness (QED) is 0.115. The van der Waals surface area contributed by atoms with E-state index < -0.39 is 0 Å². The van der Waals surface area contributed by atoms with Crippen LogP contribution >= 0.6 is 0 Å². The first-order valence-corrected chi connectivity index (χ1v) is 17.2. The van der Waals surface area contributed by atoms with Gasteiger partial charge in [-0.1, -0.05) is 152 Å². The van der Waals surface area contributed by atoms with E-state index >= 15 is 0 Å². The van der Waals surface area contributed by atoms with E-state index in [9.17, 15) is 0 Å². The molecule has 4 nitrogen and oxygen atoms in total. The molecule has 7 rings (SSSR count). The van der Waals surface area contributed by atoms with Gasteiger partial charge in [-0.2, -0.15) is 0 Å². The number of hydrogen-bond donors (Lipinski definition) is 0. The van der Waals surface area contributed by atoms with E-state index in [0.29, 0.717) is 5.82 Å². The minimum absolute atomic E-state index is 0.685. The Morgan fingerprint density at radius 1 is 0.549 bits per heavy atom. The summed E-state index contributed by atoms with van der Waals surface area (Å²) in [5, 5.41) is 0. The maximum Gasteiger partial charge on any atom is 0.160 e. The molecule has 0 fully saturated rings. The van der Waals surface area contributed by atoms with Crippen LogP contribution in [0.3, 0.4) is 0 Å². The molecule has 5 aromatic carbocycles. The number of nitrogens with zero attached hydrogens (tertiary/aromatic N) is 4. The van der Waals surface area contributed by atoms with E-state index in [1.807, 2.05) is 51.1 Å². The monoisotopic (exact) mass is 658 g/mol. The van der Waals surface area contributed by atoms with Gasteiger partial charge in [0.25, 0.3) is 0 Å². The van der Waals surface area contributed by atoms with Crippen LogP contribution in [0.4, 0.5) is 5.82 Å². The van der Waals surface area contributed by atoms with Gasteiger partial charge >= 0.3 is 0 Å². The van der Waals surface area contributed by atoms with Gasteiger partial charge in [-0.15, -0.1) is 0 Å². The molecule has 4 heteroatoms.